The van der Waals surface area contributed by atoms with E-state index in [9.17, 15) is 0 Å². The lowest BCUT2D eigenvalue weighted by Gasteiger charge is -2.26. The van der Waals surface area contributed by atoms with E-state index in [1.54, 1.807) is 0 Å². The lowest BCUT2D eigenvalue weighted by molar-refractivity contribution is 0.120. The maximum atomic E-state index is 5.93. The van der Waals surface area contributed by atoms with Crippen LogP contribution in [0.1, 0.15) is 44.6 Å². The predicted molar refractivity (Wildman–Crippen MR) is 93.5 cm³/mol. The van der Waals surface area contributed by atoms with Crippen LogP contribution in [0.5, 0.6) is 5.75 Å². The van der Waals surface area contributed by atoms with E-state index >= 15 is 0 Å². The first-order valence-electron chi connectivity index (χ1n) is 8.74. The monoisotopic (exact) mass is 313 g/mol. The van der Waals surface area contributed by atoms with Gasteiger partial charge in [-0.05, 0) is 63.5 Å². The summed E-state index contributed by atoms with van der Waals surface area (Å²) in [5.74, 6) is 0.972. The molecule has 0 bridgehead atoms. The maximum Gasteiger partial charge on any atom is 0.119 e. The Bertz CT molecular complexity index is 601. The predicted octanol–water partition coefficient (Wildman–Crippen LogP) is 4.24. The van der Waals surface area contributed by atoms with Crippen LogP contribution < -0.4 is 4.74 Å². The molecule has 1 aliphatic rings. The minimum atomic E-state index is 0.427. The zero-order valence-electron chi connectivity index (χ0n) is 14.2. The normalized spacial score (nSPS) is 14.9. The molecule has 1 aliphatic carbocycles. The van der Waals surface area contributed by atoms with Gasteiger partial charge in [0, 0.05) is 17.7 Å². The van der Waals surface area contributed by atoms with Crippen LogP contribution in [-0.2, 0) is 6.54 Å². The Morgan fingerprint density at radius 3 is 2.70 bits per heavy atom. The Morgan fingerprint density at radius 2 is 2.04 bits per heavy atom. The summed E-state index contributed by atoms with van der Waals surface area (Å²) in [6.45, 7) is 4.27. The van der Waals surface area contributed by atoms with E-state index in [0.717, 1.165) is 24.5 Å². The molecule has 124 valence electrons. The molecule has 1 aromatic heterocycles. The van der Waals surface area contributed by atoms with Crippen molar-refractivity contribution in [3.63, 3.8) is 0 Å². The highest BCUT2D eigenvalue weighted by molar-refractivity contribution is 5.63. The second-order valence-corrected chi connectivity index (χ2v) is 6.56. The molecule has 1 N–H and O–H groups in total. The third kappa shape index (κ3) is 4.14. The molecule has 0 saturated heterocycles. The number of aromatic amines is 1. The summed E-state index contributed by atoms with van der Waals surface area (Å²) >= 11 is 0. The molecule has 4 nitrogen and oxygen atoms in total. The van der Waals surface area contributed by atoms with E-state index in [4.69, 9.17) is 4.74 Å². The third-order valence-corrected chi connectivity index (χ3v) is 4.55. The van der Waals surface area contributed by atoms with Crippen LogP contribution in [0.15, 0.2) is 30.5 Å². The van der Waals surface area contributed by atoms with Gasteiger partial charge in [-0.15, -0.1) is 0 Å². The third-order valence-electron chi connectivity index (χ3n) is 4.55. The van der Waals surface area contributed by atoms with Crippen molar-refractivity contribution in [3.05, 3.63) is 36.0 Å². The number of rotatable bonds is 8. The average molecular weight is 313 g/mol. The van der Waals surface area contributed by atoms with Crippen LogP contribution in [0.25, 0.3) is 11.3 Å². The van der Waals surface area contributed by atoms with Gasteiger partial charge < -0.3 is 9.64 Å². The van der Waals surface area contributed by atoms with Gasteiger partial charge in [-0.1, -0.05) is 13.3 Å². The zero-order valence-corrected chi connectivity index (χ0v) is 14.2. The molecule has 0 spiro atoms. The van der Waals surface area contributed by atoms with Crippen molar-refractivity contribution >= 4 is 0 Å². The van der Waals surface area contributed by atoms with E-state index in [-0.39, 0.29) is 0 Å². The van der Waals surface area contributed by atoms with Crippen LogP contribution in [0.2, 0.25) is 0 Å². The van der Waals surface area contributed by atoms with Crippen LogP contribution in [0, 0.1) is 0 Å². The summed E-state index contributed by atoms with van der Waals surface area (Å²) in [7, 11) is 2.17. The molecule has 2 aromatic rings. The van der Waals surface area contributed by atoms with Crippen LogP contribution in [0.3, 0.4) is 0 Å². The van der Waals surface area contributed by atoms with Gasteiger partial charge >= 0.3 is 0 Å². The lowest BCUT2D eigenvalue weighted by atomic mass is 9.96. The fourth-order valence-corrected chi connectivity index (χ4v) is 2.86. The molecular formula is C19H27N3O. The second kappa shape index (κ2) is 7.64. The van der Waals surface area contributed by atoms with Crippen molar-refractivity contribution in [1.82, 2.24) is 15.1 Å². The number of hydrogen-bond acceptors (Lipinski definition) is 3. The second-order valence-electron chi connectivity index (χ2n) is 6.56. The van der Waals surface area contributed by atoms with E-state index < -0.39 is 0 Å². The molecule has 0 amide bonds. The van der Waals surface area contributed by atoms with Crippen molar-refractivity contribution in [2.75, 3.05) is 13.6 Å². The summed E-state index contributed by atoms with van der Waals surface area (Å²) < 4.78 is 5.93. The number of hydrogen-bond donors (Lipinski definition) is 1. The Kier molecular flexibility index (Phi) is 5.34. The molecule has 1 fully saturated rings. The van der Waals surface area contributed by atoms with Gasteiger partial charge in [0.05, 0.1) is 18.0 Å². The molecule has 0 aliphatic heterocycles. The van der Waals surface area contributed by atoms with Crippen molar-refractivity contribution in [3.8, 4) is 17.0 Å². The first kappa shape index (κ1) is 16.1. The van der Waals surface area contributed by atoms with Gasteiger partial charge in [0.15, 0.2) is 0 Å². The van der Waals surface area contributed by atoms with Gasteiger partial charge in [-0.25, -0.2) is 0 Å². The molecule has 1 heterocycles. The van der Waals surface area contributed by atoms with E-state index in [1.165, 1.54) is 43.2 Å². The average Bonchev–Trinajstić information content (AvgIpc) is 2.97. The Hall–Kier alpha value is -1.81. The van der Waals surface area contributed by atoms with E-state index in [0.29, 0.717) is 6.10 Å². The number of aromatic nitrogens is 2. The number of H-pyrrole nitrogens is 1. The summed E-state index contributed by atoms with van der Waals surface area (Å²) in [6.07, 6.45) is 8.51. The summed E-state index contributed by atoms with van der Waals surface area (Å²) in [6, 6.07) is 8.38. The highest BCUT2D eigenvalue weighted by Gasteiger charge is 2.19. The van der Waals surface area contributed by atoms with Gasteiger partial charge in [0.25, 0.3) is 0 Å². The Labute approximate surface area is 138 Å². The number of ether oxygens (including phenoxy) is 1. The summed E-state index contributed by atoms with van der Waals surface area (Å²) in [5.41, 5.74) is 3.53. The SMILES string of the molecule is CCCCN(C)Cc1cn[nH]c1-c1ccc(OC2CCC2)cc1. The molecule has 1 saturated carbocycles. The molecule has 4 heteroatoms. The molecule has 3 rings (SSSR count). The zero-order chi connectivity index (χ0) is 16.1. The number of unbranched alkanes of at least 4 members (excludes halogenated alkanes) is 1. The number of benzene rings is 1. The van der Waals surface area contributed by atoms with Gasteiger partial charge in [0.1, 0.15) is 5.75 Å². The van der Waals surface area contributed by atoms with Crippen molar-refractivity contribution in [1.29, 1.82) is 0 Å². The van der Waals surface area contributed by atoms with E-state index in [2.05, 4.69) is 53.3 Å². The minimum absolute atomic E-state index is 0.427. The highest BCUT2D eigenvalue weighted by atomic mass is 16.5. The Balaban J connectivity index is 1.65. The molecular weight excluding hydrogens is 286 g/mol. The van der Waals surface area contributed by atoms with Crippen LogP contribution >= 0.6 is 0 Å². The van der Waals surface area contributed by atoms with Crippen molar-refractivity contribution in [2.24, 2.45) is 0 Å². The highest BCUT2D eigenvalue weighted by Crippen LogP contribution is 2.28. The maximum absolute atomic E-state index is 5.93. The molecule has 0 atom stereocenters. The first-order valence-corrected chi connectivity index (χ1v) is 8.74. The fourth-order valence-electron chi connectivity index (χ4n) is 2.86. The first-order chi connectivity index (χ1) is 11.3. The quantitative estimate of drug-likeness (QED) is 0.792. The Morgan fingerprint density at radius 1 is 1.26 bits per heavy atom. The lowest BCUT2D eigenvalue weighted by Crippen LogP contribution is -2.24. The fraction of sp³-hybridized carbons (Fsp3) is 0.526. The summed E-state index contributed by atoms with van der Waals surface area (Å²) in [5, 5.41) is 7.39. The van der Waals surface area contributed by atoms with E-state index in [1.807, 2.05) is 6.20 Å². The minimum Gasteiger partial charge on any atom is -0.490 e. The van der Waals surface area contributed by atoms with Gasteiger partial charge in [-0.2, -0.15) is 5.10 Å². The topological polar surface area (TPSA) is 41.2 Å². The summed E-state index contributed by atoms with van der Waals surface area (Å²) in [4.78, 5) is 2.35. The van der Waals surface area contributed by atoms with Gasteiger partial charge in [0.2, 0.25) is 0 Å². The molecule has 0 radical (unpaired) electrons. The molecule has 0 unspecified atom stereocenters. The number of nitrogens with one attached hydrogen (secondary N) is 1. The number of nitrogens with zero attached hydrogens (tertiary/aromatic N) is 2. The largest absolute Gasteiger partial charge is 0.490 e. The van der Waals surface area contributed by atoms with Crippen LogP contribution in [0.4, 0.5) is 0 Å². The smallest absolute Gasteiger partial charge is 0.119 e. The van der Waals surface area contributed by atoms with Crippen molar-refractivity contribution < 1.29 is 4.74 Å². The molecule has 1 aromatic carbocycles. The standard InChI is InChI=1S/C19H27N3O/c1-3-4-12-22(2)14-16-13-20-21-19(16)15-8-10-18(11-9-15)23-17-6-5-7-17/h8-11,13,17H,3-7,12,14H2,1-2H3,(H,20,21). The van der Waals surface area contributed by atoms with Crippen LogP contribution in [-0.4, -0.2) is 34.8 Å². The molecule has 23 heavy (non-hydrogen) atoms. The van der Waals surface area contributed by atoms with Crippen molar-refractivity contribution in [2.45, 2.75) is 51.7 Å². The van der Waals surface area contributed by atoms with Gasteiger partial charge in [-0.3, -0.25) is 5.10 Å².